The summed E-state index contributed by atoms with van der Waals surface area (Å²) in [5.74, 6) is -0.718. The summed E-state index contributed by atoms with van der Waals surface area (Å²) in [6.45, 7) is 0. The second-order valence-electron chi connectivity index (χ2n) is 4.83. The van der Waals surface area contributed by atoms with E-state index in [2.05, 4.69) is 30.0 Å². The van der Waals surface area contributed by atoms with Crippen molar-refractivity contribution < 1.29 is 23.0 Å². The second kappa shape index (κ2) is 6.00. The van der Waals surface area contributed by atoms with E-state index in [9.17, 15) is 18.4 Å². The number of aromatic amines is 2. The van der Waals surface area contributed by atoms with Gasteiger partial charge in [0.25, 0.3) is 5.56 Å². The number of benzene rings is 1. The number of anilines is 1. The number of ether oxygens (including phenoxy) is 2. The van der Waals surface area contributed by atoms with E-state index >= 15 is 0 Å². The molecular weight excluding hydrogens is 346 g/mol. The molecule has 0 saturated carbocycles. The lowest BCUT2D eigenvalue weighted by Gasteiger charge is -2.05. The smallest absolute Gasteiger partial charge is 0.395 e. The van der Waals surface area contributed by atoms with Crippen LogP contribution in [0.2, 0.25) is 0 Å². The highest BCUT2D eigenvalue weighted by Gasteiger charge is 2.43. The van der Waals surface area contributed by atoms with Crippen LogP contribution in [0.4, 0.5) is 14.5 Å². The number of rotatable bonds is 4. The number of amides is 1. The molecule has 0 radical (unpaired) electrons. The predicted octanol–water partition coefficient (Wildman–Crippen LogP) is 1.72. The first-order valence-corrected chi connectivity index (χ1v) is 7.11. The minimum atomic E-state index is -3.72. The van der Waals surface area contributed by atoms with E-state index in [1.807, 2.05) is 0 Å². The summed E-state index contributed by atoms with van der Waals surface area (Å²) >= 11 is 4.71. The normalized spacial score (nSPS) is 14.4. The number of alkyl halides is 2. The molecule has 0 fully saturated rings. The Hall–Kier alpha value is -2.82. The largest absolute Gasteiger partial charge is 0.586 e. The Bertz CT molecular complexity index is 911. The van der Waals surface area contributed by atoms with Gasteiger partial charge in [-0.2, -0.15) is 5.10 Å². The van der Waals surface area contributed by atoms with Gasteiger partial charge in [-0.1, -0.05) is 0 Å². The molecule has 0 bridgehead atoms. The van der Waals surface area contributed by atoms with Crippen molar-refractivity contribution in [3.8, 4) is 11.5 Å². The van der Waals surface area contributed by atoms with Crippen LogP contribution in [0.5, 0.6) is 11.5 Å². The highest BCUT2D eigenvalue weighted by Crippen LogP contribution is 2.42. The van der Waals surface area contributed by atoms with Crippen LogP contribution in [0.1, 0.15) is 12.1 Å². The summed E-state index contributed by atoms with van der Waals surface area (Å²) in [6, 6.07) is 3.88. The Labute approximate surface area is 137 Å². The number of aromatic nitrogens is 3. The van der Waals surface area contributed by atoms with Crippen molar-refractivity contribution in [2.75, 3.05) is 5.32 Å². The minimum Gasteiger partial charge on any atom is -0.395 e. The maximum Gasteiger partial charge on any atom is 0.586 e. The summed E-state index contributed by atoms with van der Waals surface area (Å²) in [6.07, 6.45) is -3.67. The highest BCUT2D eigenvalue weighted by atomic mass is 32.1. The van der Waals surface area contributed by atoms with Crippen LogP contribution in [0, 0.1) is 4.77 Å². The van der Waals surface area contributed by atoms with Gasteiger partial charge in [-0.3, -0.25) is 19.7 Å². The van der Waals surface area contributed by atoms with Gasteiger partial charge in [-0.15, -0.1) is 8.78 Å². The Kier molecular flexibility index (Phi) is 4.01. The van der Waals surface area contributed by atoms with Crippen molar-refractivity contribution in [3.05, 3.63) is 39.0 Å². The first-order chi connectivity index (χ1) is 11.3. The van der Waals surface area contributed by atoms with Crippen molar-refractivity contribution in [3.63, 3.8) is 0 Å². The van der Waals surface area contributed by atoms with Crippen molar-refractivity contribution in [1.82, 2.24) is 15.2 Å². The van der Waals surface area contributed by atoms with Crippen LogP contribution in [-0.2, 0) is 11.2 Å². The molecule has 1 aromatic heterocycles. The van der Waals surface area contributed by atoms with Crippen LogP contribution < -0.4 is 20.3 Å². The number of nitrogens with zero attached hydrogens (tertiary/aromatic N) is 1. The van der Waals surface area contributed by atoms with Crippen molar-refractivity contribution in [1.29, 1.82) is 0 Å². The molecule has 1 amide bonds. The van der Waals surface area contributed by atoms with Crippen LogP contribution in [-0.4, -0.2) is 27.4 Å². The number of H-pyrrole nitrogens is 2. The minimum absolute atomic E-state index is 0.0364. The monoisotopic (exact) mass is 356 g/mol. The van der Waals surface area contributed by atoms with Gasteiger partial charge < -0.3 is 14.8 Å². The number of carbonyl (C=O) groups is 1. The molecule has 24 heavy (non-hydrogen) atoms. The van der Waals surface area contributed by atoms with E-state index in [-0.39, 0.29) is 40.5 Å². The fraction of sp³-hybridized carbons (Fsp3) is 0.231. The summed E-state index contributed by atoms with van der Waals surface area (Å²) < 4.78 is 34.5. The summed E-state index contributed by atoms with van der Waals surface area (Å²) in [4.78, 5) is 25.8. The van der Waals surface area contributed by atoms with E-state index in [1.54, 1.807) is 0 Å². The number of hydrogen-bond acceptors (Lipinski definition) is 6. The Morgan fingerprint density at radius 2 is 2.08 bits per heavy atom. The topological polar surface area (TPSA) is 109 Å². The molecule has 0 unspecified atom stereocenters. The molecule has 2 heterocycles. The van der Waals surface area contributed by atoms with Gasteiger partial charge in [0.2, 0.25) is 5.91 Å². The van der Waals surface area contributed by atoms with Crippen LogP contribution in [0.3, 0.4) is 0 Å². The average molecular weight is 356 g/mol. The number of hydrogen-bond donors (Lipinski definition) is 3. The SMILES string of the molecule is O=C(CCc1n[nH]c(=S)[nH]c1=O)Nc1ccc2c(c1)OC(F)(F)O2. The molecule has 2 aromatic rings. The highest BCUT2D eigenvalue weighted by molar-refractivity contribution is 7.71. The van der Waals surface area contributed by atoms with Gasteiger partial charge in [0, 0.05) is 24.6 Å². The van der Waals surface area contributed by atoms with Crippen molar-refractivity contribution >= 4 is 23.8 Å². The first-order valence-electron chi connectivity index (χ1n) is 6.70. The molecule has 3 rings (SSSR count). The van der Waals surface area contributed by atoms with Gasteiger partial charge in [0.05, 0.1) is 0 Å². The third kappa shape index (κ3) is 3.56. The Morgan fingerprint density at radius 3 is 2.83 bits per heavy atom. The zero-order valence-electron chi connectivity index (χ0n) is 11.9. The number of aryl methyl sites for hydroxylation is 1. The van der Waals surface area contributed by atoms with Crippen LogP contribution in [0.15, 0.2) is 23.0 Å². The second-order valence-corrected chi connectivity index (χ2v) is 5.24. The third-order valence-electron chi connectivity index (χ3n) is 3.06. The first kappa shape index (κ1) is 16.1. The van der Waals surface area contributed by atoms with E-state index in [0.717, 1.165) is 0 Å². The van der Waals surface area contributed by atoms with Crippen LogP contribution >= 0.6 is 12.2 Å². The quantitative estimate of drug-likeness (QED) is 0.720. The molecule has 0 aliphatic carbocycles. The van der Waals surface area contributed by atoms with Gasteiger partial charge in [0.15, 0.2) is 16.3 Å². The number of carbonyl (C=O) groups excluding carboxylic acids is 1. The fourth-order valence-electron chi connectivity index (χ4n) is 2.02. The molecule has 8 nitrogen and oxygen atoms in total. The van der Waals surface area contributed by atoms with Gasteiger partial charge in [0.1, 0.15) is 5.69 Å². The number of fused-ring (bicyclic) bond motifs is 1. The molecule has 0 saturated heterocycles. The van der Waals surface area contributed by atoms with Gasteiger partial charge >= 0.3 is 6.29 Å². The van der Waals surface area contributed by atoms with Crippen LogP contribution in [0.25, 0.3) is 0 Å². The molecule has 1 aliphatic rings. The molecule has 11 heteroatoms. The molecular formula is C13H10F2N4O4S. The molecule has 0 spiro atoms. The van der Waals surface area contributed by atoms with E-state index in [4.69, 9.17) is 12.2 Å². The zero-order chi connectivity index (χ0) is 17.3. The summed E-state index contributed by atoms with van der Waals surface area (Å²) in [7, 11) is 0. The number of halogens is 2. The summed E-state index contributed by atoms with van der Waals surface area (Å²) in [5.41, 5.74) is -0.0877. The van der Waals surface area contributed by atoms with Gasteiger partial charge in [-0.05, 0) is 24.4 Å². The standard InChI is InChI=1S/C13H10F2N4O4S/c14-13(15)22-8-3-1-6(5-9(8)23-13)16-10(20)4-2-7-11(21)17-12(24)19-18-7/h1,3,5H,2,4H2,(H,16,20)(H2,17,19,21,24). The fourth-order valence-corrected chi connectivity index (χ4v) is 2.16. The van der Waals surface area contributed by atoms with E-state index < -0.39 is 17.8 Å². The molecule has 126 valence electrons. The van der Waals surface area contributed by atoms with E-state index in [1.165, 1.54) is 18.2 Å². The molecule has 1 aliphatic heterocycles. The lowest BCUT2D eigenvalue weighted by atomic mass is 10.2. The maximum absolute atomic E-state index is 12.9. The summed E-state index contributed by atoms with van der Waals surface area (Å²) in [5, 5.41) is 8.68. The predicted molar refractivity (Wildman–Crippen MR) is 79.6 cm³/mol. The third-order valence-corrected chi connectivity index (χ3v) is 3.25. The van der Waals surface area contributed by atoms with Crippen molar-refractivity contribution in [2.45, 2.75) is 19.1 Å². The number of nitrogens with one attached hydrogen (secondary N) is 3. The molecule has 1 aromatic carbocycles. The maximum atomic E-state index is 12.9. The zero-order valence-corrected chi connectivity index (χ0v) is 12.7. The lowest BCUT2D eigenvalue weighted by Crippen LogP contribution is -2.25. The van der Waals surface area contributed by atoms with E-state index in [0.29, 0.717) is 0 Å². The Morgan fingerprint density at radius 1 is 1.33 bits per heavy atom. The van der Waals surface area contributed by atoms with Gasteiger partial charge in [-0.25, -0.2) is 0 Å². The van der Waals surface area contributed by atoms with Crippen molar-refractivity contribution in [2.24, 2.45) is 0 Å². The molecule has 3 N–H and O–H groups in total. The lowest BCUT2D eigenvalue weighted by molar-refractivity contribution is -0.286. The molecule has 0 atom stereocenters. The Balaban J connectivity index is 1.62. The average Bonchev–Trinajstić information content (AvgIpc) is 2.79.